The van der Waals surface area contributed by atoms with Crippen molar-refractivity contribution in [2.24, 2.45) is 0 Å². The average Bonchev–Trinajstić information content (AvgIpc) is 3.21. The fraction of sp³-hybridized carbons (Fsp3) is 0.350. The highest BCUT2D eigenvalue weighted by Gasteiger charge is 2.50. The van der Waals surface area contributed by atoms with Crippen LogP contribution >= 0.6 is 0 Å². The second-order valence-electron chi connectivity index (χ2n) is 6.58. The van der Waals surface area contributed by atoms with Gasteiger partial charge in [-0.1, -0.05) is 60.7 Å². The number of hydrogen-bond acceptors (Lipinski definition) is 2. The van der Waals surface area contributed by atoms with E-state index in [1.807, 2.05) is 12.1 Å². The second kappa shape index (κ2) is 5.82. The average molecular weight is 306 g/mol. The Morgan fingerprint density at radius 1 is 0.913 bits per heavy atom. The lowest BCUT2D eigenvalue weighted by molar-refractivity contribution is -0.134. The van der Waals surface area contributed by atoms with Crippen LogP contribution in [0.3, 0.4) is 0 Å². The van der Waals surface area contributed by atoms with Crippen LogP contribution in [0.15, 0.2) is 60.7 Å². The number of benzene rings is 2. The van der Waals surface area contributed by atoms with Gasteiger partial charge in [0.25, 0.3) is 0 Å². The normalized spacial score (nSPS) is 24.0. The fourth-order valence-corrected chi connectivity index (χ4v) is 4.07. The van der Waals surface area contributed by atoms with Gasteiger partial charge < -0.3 is 10.2 Å². The van der Waals surface area contributed by atoms with E-state index < -0.39 is 0 Å². The van der Waals surface area contributed by atoms with Crippen LogP contribution in [0.2, 0.25) is 0 Å². The van der Waals surface area contributed by atoms with Crippen molar-refractivity contribution >= 4 is 5.91 Å². The summed E-state index contributed by atoms with van der Waals surface area (Å²) in [6, 6.07) is 20.8. The molecule has 2 fully saturated rings. The lowest BCUT2D eigenvalue weighted by Gasteiger charge is -2.31. The van der Waals surface area contributed by atoms with Gasteiger partial charge in [-0.2, -0.15) is 0 Å². The van der Waals surface area contributed by atoms with Gasteiger partial charge in [-0.25, -0.2) is 0 Å². The van der Waals surface area contributed by atoms with Gasteiger partial charge in [0.15, 0.2) is 0 Å². The van der Waals surface area contributed by atoms with E-state index in [0.717, 1.165) is 32.4 Å². The summed E-state index contributed by atoms with van der Waals surface area (Å²) in [5.41, 5.74) is 2.06. The summed E-state index contributed by atoms with van der Waals surface area (Å²) in [7, 11) is 0. The zero-order chi connectivity index (χ0) is 15.7. The third kappa shape index (κ3) is 2.45. The summed E-state index contributed by atoms with van der Waals surface area (Å²) in [5, 5.41) is 3.48. The van der Waals surface area contributed by atoms with Crippen LogP contribution in [0.5, 0.6) is 0 Å². The Balaban J connectivity index is 1.73. The van der Waals surface area contributed by atoms with Gasteiger partial charge in [0, 0.05) is 6.54 Å². The summed E-state index contributed by atoms with van der Waals surface area (Å²) in [4.78, 5) is 15.3. The number of carbonyl (C=O) groups excluding carboxylic acids is 1. The maximum Gasteiger partial charge on any atom is 0.243 e. The summed E-state index contributed by atoms with van der Waals surface area (Å²) in [5.74, 6) is 0.271. The molecule has 2 aromatic carbocycles. The van der Waals surface area contributed by atoms with E-state index in [-0.39, 0.29) is 17.5 Å². The molecule has 0 unspecified atom stereocenters. The summed E-state index contributed by atoms with van der Waals surface area (Å²) < 4.78 is 0. The first-order valence-corrected chi connectivity index (χ1v) is 8.46. The highest BCUT2D eigenvalue weighted by molar-refractivity contribution is 5.89. The van der Waals surface area contributed by atoms with E-state index in [9.17, 15) is 4.79 Å². The molecule has 2 aromatic rings. The molecule has 4 rings (SSSR count). The van der Waals surface area contributed by atoms with Crippen LogP contribution in [0.1, 0.15) is 36.4 Å². The summed E-state index contributed by atoms with van der Waals surface area (Å²) >= 11 is 0. The van der Waals surface area contributed by atoms with Crippen molar-refractivity contribution in [1.82, 2.24) is 10.2 Å². The smallest absolute Gasteiger partial charge is 0.243 e. The van der Waals surface area contributed by atoms with E-state index in [2.05, 4.69) is 58.7 Å². The fourth-order valence-electron chi connectivity index (χ4n) is 4.07. The van der Waals surface area contributed by atoms with E-state index >= 15 is 0 Å². The van der Waals surface area contributed by atoms with Crippen molar-refractivity contribution in [2.45, 2.75) is 30.8 Å². The minimum atomic E-state index is -0.304. The molecule has 0 aliphatic carbocycles. The van der Waals surface area contributed by atoms with Crippen LogP contribution in [-0.2, 0) is 4.79 Å². The van der Waals surface area contributed by atoms with Crippen molar-refractivity contribution in [1.29, 1.82) is 0 Å². The van der Waals surface area contributed by atoms with Gasteiger partial charge in [-0.15, -0.1) is 0 Å². The van der Waals surface area contributed by atoms with E-state index in [4.69, 9.17) is 0 Å². The molecule has 2 saturated heterocycles. The van der Waals surface area contributed by atoms with E-state index in [1.165, 1.54) is 11.1 Å². The van der Waals surface area contributed by atoms with Crippen molar-refractivity contribution in [3.8, 4) is 0 Å². The maximum absolute atomic E-state index is 13.2. The third-order valence-electron chi connectivity index (χ3n) is 5.24. The second-order valence-corrected chi connectivity index (χ2v) is 6.58. The number of hydrogen-bond donors (Lipinski definition) is 1. The molecule has 3 heteroatoms. The maximum atomic E-state index is 13.2. The largest absolute Gasteiger partial charge is 0.330 e. The van der Waals surface area contributed by atoms with E-state index in [0.29, 0.717) is 0 Å². The molecular formula is C20H22N2O. The van der Waals surface area contributed by atoms with Gasteiger partial charge in [-0.3, -0.25) is 4.79 Å². The lowest BCUT2D eigenvalue weighted by Crippen LogP contribution is -2.48. The molecule has 0 bridgehead atoms. The SMILES string of the molecule is O=C1N(C(c2ccccc2)c2ccccc2)CC[C@]12CCCN2. The van der Waals surface area contributed by atoms with Crippen molar-refractivity contribution < 1.29 is 4.79 Å². The van der Waals surface area contributed by atoms with Gasteiger partial charge >= 0.3 is 0 Å². The Morgan fingerprint density at radius 2 is 1.52 bits per heavy atom. The van der Waals surface area contributed by atoms with Gasteiger partial charge in [-0.05, 0) is 36.9 Å². The van der Waals surface area contributed by atoms with Crippen LogP contribution in [0.4, 0.5) is 0 Å². The zero-order valence-electron chi connectivity index (χ0n) is 13.2. The molecule has 2 heterocycles. The Morgan fingerprint density at radius 3 is 2.04 bits per heavy atom. The molecule has 118 valence electrons. The molecule has 3 nitrogen and oxygen atoms in total. The molecule has 1 N–H and O–H groups in total. The van der Waals surface area contributed by atoms with Crippen molar-refractivity contribution in [2.75, 3.05) is 13.1 Å². The topological polar surface area (TPSA) is 32.3 Å². The molecule has 2 aliphatic heterocycles. The highest BCUT2D eigenvalue weighted by Crippen LogP contribution is 2.38. The minimum absolute atomic E-state index is 0.00618. The quantitative estimate of drug-likeness (QED) is 0.945. The standard InChI is InChI=1S/C20H22N2O/c23-19-20(12-7-14-21-20)13-15-22(19)18(16-8-3-1-4-9-16)17-10-5-2-6-11-17/h1-6,8-11,18,21H,7,12-15H2/t20-/m1/s1. The molecule has 2 aliphatic rings. The van der Waals surface area contributed by atoms with Crippen LogP contribution in [0, 0.1) is 0 Å². The first-order valence-electron chi connectivity index (χ1n) is 8.46. The Hall–Kier alpha value is -2.13. The zero-order valence-corrected chi connectivity index (χ0v) is 13.2. The molecule has 23 heavy (non-hydrogen) atoms. The number of amides is 1. The first-order chi connectivity index (χ1) is 11.3. The minimum Gasteiger partial charge on any atom is -0.330 e. The predicted molar refractivity (Wildman–Crippen MR) is 91.0 cm³/mol. The molecule has 0 saturated carbocycles. The van der Waals surface area contributed by atoms with Gasteiger partial charge in [0.1, 0.15) is 0 Å². The number of likely N-dealkylation sites (tertiary alicyclic amines) is 1. The number of nitrogens with zero attached hydrogens (tertiary/aromatic N) is 1. The van der Waals surface area contributed by atoms with Crippen LogP contribution < -0.4 is 5.32 Å². The molecule has 1 spiro atoms. The van der Waals surface area contributed by atoms with Crippen LogP contribution in [-0.4, -0.2) is 29.4 Å². The Kier molecular flexibility index (Phi) is 3.66. The van der Waals surface area contributed by atoms with Gasteiger partial charge in [0.2, 0.25) is 5.91 Å². The molecular weight excluding hydrogens is 284 g/mol. The number of nitrogens with one attached hydrogen (secondary N) is 1. The number of rotatable bonds is 3. The van der Waals surface area contributed by atoms with Crippen LogP contribution in [0.25, 0.3) is 0 Å². The lowest BCUT2D eigenvalue weighted by atomic mass is 9.94. The first kappa shape index (κ1) is 14.5. The third-order valence-corrected chi connectivity index (χ3v) is 5.24. The summed E-state index contributed by atoms with van der Waals surface area (Å²) in [6.07, 6.45) is 2.99. The molecule has 0 aromatic heterocycles. The Bertz CT molecular complexity index is 638. The van der Waals surface area contributed by atoms with Gasteiger partial charge in [0.05, 0.1) is 11.6 Å². The molecule has 0 radical (unpaired) electrons. The van der Waals surface area contributed by atoms with Crippen molar-refractivity contribution in [3.05, 3.63) is 71.8 Å². The number of carbonyl (C=O) groups is 1. The molecule has 1 amide bonds. The van der Waals surface area contributed by atoms with Crippen molar-refractivity contribution in [3.63, 3.8) is 0 Å². The predicted octanol–water partition coefficient (Wildman–Crippen LogP) is 3.13. The Labute approximate surface area is 137 Å². The monoisotopic (exact) mass is 306 g/mol. The summed E-state index contributed by atoms with van der Waals surface area (Å²) in [6.45, 7) is 1.78. The van der Waals surface area contributed by atoms with E-state index in [1.54, 1.807) is 0 Å². The molecule has 1 atom stereocenters. The highest BCUT2D eigenvalue weighted by atomic mass is 16.2.